The maximum atomic E-state index is 13.5. The van der Waals surface area contributed by atoms with Gasteiger partial charge in [0.05, 0.1) is 52.2 Å². The molecule has 0 saturated carbocycles. The first-order chi connectivity index (χ1) is 17.5. The number of methoxy groups -OCH3 is 4. The molecule has 2 amide bonds. The highest BCUT2D eigenvalue weighted by Gasteiger charge is 2.42. The van der Waals surface area contributed by atoms with Crippen LogP contribution in [0.2, 0.25) is 0 Å². The van der Waals surface area contributed by atoms with Crippen molar-refractivity contribution in [2.45, 2.75) is 37.8 Å². The summed E-state index contributed by atoms with van der Waals surface area (Å²) in [6.45, 7) is 1.19. The summed E-state index contributed by atoms with van der Waals surface area (Å²) in [4.78, 5) is 28.6. The lowest BCUT2D eigenvalue weighted by molar-refractivity contribution is -0.129. The Morgan fingerprint density at radius 1 is 1.00 bits per heavy atom. The molecule has 9 nitrogen and oxygen atoms in total. The van der Waals surface area contributed by atoms with Gasteiger partial charge >= 0.3 is 0 Å². The second-order valence-electron chi connectivity index (χ2n) is 8.89. The molecule has 0 aliphatic carbocycles. The van der Waals surface area contributed by atoms with E-state index >= 15 is 0 Å². The topological polar surface area (TPSA) is 95.6 Å². The zero-order valence-electron chi connectivity index (χ0n) is 21.2. The van der Waals surface area contributed by atoms with Gasteiger partial charge in [0.25, 0.3) is 0 Å². The Balaban J connectivity index is 1.74. The first kappa shape index (κ1) is 25.6. The average molecular weight is 499 g/mol. The molecule has 0 unspecified atom stereocenters. The molecule has 2 saturated heterocycles. The summed E-state index contributed by atoms with van der Waals surface area (Å²) in [6.07, 6.45) is 2.64. The van der Waals surface area contributed by atoms with Crippen molar-refractivity contribution < 1.29 is 33.3 Å². The lowest BCUT2D eigenvalue weighted by atomic mass is 9.83. The predicted molar refractivity (Wildman–Crippen MR) is 134 cm³/mol. The molecule has 36 heavy (non-hydrogen) atoms. The van der Waals surface area contributed by atoms with Gasteiger partial charge in [-0.05, 0) is 37.0 Å². The Bertz CT molecular complexity index is 1040. The van der Waals surface area contributed by atoms with Gasteiger partial charge in [0.2, 0.25) is 17.6 Å². The minimum Gasteiger partial charge on any atom is -0.497 e. The number of ether oxygens (including phenoxy) is 5. The smallest absolute Gasteiger partial charge is 0.227 e. The number of benzene rings is 2. The van der Waals surface area contributed by atoms with Gasteiger partial charge in [-0.3, -0.25) is 9.59 Å². The highest BCUT2D eigenvalue weighted by Crippen LogP contribution is 2.46. The van der Waals surface area contributed by atoms with Gasteiger partial charge in [-0.1, -0.05) is 12.1 Å². The molecule has 3 atom stereocenters. The monoisotopic (exact) mass is 498 g/mol. The van der Waals surface area contributed by atoms with Crippen LogP contribution in [0.1, 0.15) is 37.3 Å². The van der Waals surface area contributed by atoms with Crippen molar-refractivity contribution in [3.63, 3.8) is 0 Å². The quantitative estimate of drug-likeness (QED) is 0.565. The van der Waals surface area contributed by atoms with Gasteiger partial charge in [-0.25, -0.2) is 0 Å². The Kier molecular flexibility index (Phi) is 8.20. The van der Waals surface area contributed by atoms with Crippen LogP contribution < -0.4 is 29.2 Å². The summed E-state index contributed by atoms with van der Waals surface area (Å²) < 4.78 is 27.5. The molecule has 2 aromatic rings. The molecule has 2 aliphatic rings. The summed E-state index contributed by atoms with van der Waals surface area (Å²) in [5.74, 6) is 1.33. The normalized spacial score (nSPS) is 21.7. The van der Waals surface area contributed by atoms with E-state index in [-0.39, 0.29) is 24.3 Å². The molecule has 2 fully saturated rings. The standard InChI is InChI=1S/C27H34N2O7/c1-32-19-9-7-17(8-10-19)25-21(27(31)28-16-20-6-5-13-36-20)11-12-24(30)29(25)18-14-22(33-2)26(35-4)23(15-18)34-3/h7-10,14-15,20-21,25H,5-6,11-13,16H2,1-4H3,(H,28,31)/t20-,21-,25-/m1/s1. The maximum Gasteiger partial charge on any atom is 0.227 e. The minimum atomic E-state index is -0.538. The summed E-state index contributed by atoms with van der Waals surface area (Å²) in [5.41, 5.74) is 1.39. The number of hydrogen-bond donors (Lipinski definition) is 1. The van der Waals surface area contributed by atoms with Crippen LogP contribution in [0.3, 0.4) is 0 Å². The van der Waals surface area contributed by atoms with E-state index in [1.165, 1.54) is 21.3 Å². The molecule has 2 heterocycles. The van der Waals surface area contributed by atoms with Crippen LogP contribution in [0.4, 0.5) is 5.69 Å². The second kappa shape index (κ2) is 11.5. The van der Waals surface area contributed by atoms with Gasteiger partial charge in [0, 0.05) is 31.7 Å². The molecule has 0 bridgehead atoms. The van der Waals surface area contributed by atoms with Crippen molar-refractivity contribution in [3.05, 3.63) is 42.0 Å². The van der Waals surface area contributed by atoms with Crippen LogP contribution >= 0.6 is 0 Å². The number of nitrogens with zero attached hydrogens (tertiary/aromatic N) is 1. The van der Waals surface area contributed by atoms with Crippen molar-refractivity contribution >= 4 is 17.5 Å². The molecule has 194 valence electrons. The van der Waals surface area contributed by atoms with Gasteiger partial charge in [0.1, 0.15) is 5.75 Å². The zero-order valence-corrected chi connectivity index (χ0v) is 21.2. The molecular formula is C27H34N2O7. The largest absolute Gasteiger partial charge is 0.497 e. The van der Waals surface area contributed by atoms with E-state index in [1.54, 1.807) is 24.1 Å². The lowest BCUT2D eigenvalue weighted by Crippen LogP contribution is -2.49. The Labute approximate surface area is 211 Å². The van der Waals surface area contributed by atoms with Crippen molar-refractivity contribution in [2.24, 2.45) is 5.92 Å². The average Bonchev–Trinajstić information content (AvgIpc) is 3.44. The van der Waals surface area contributed by atoms with E-state index in [2.05, 4.69) is 5.32 Å². The van der Waals surface area contributed by atoms with Gasteiger partial charge in [-0.2, -0.15) is 0 Å². The highest BCUT2D eigenvalue weighted by molar-refractivity contribution is 5.98. The fourth-order valence-corrected chi connectivity index (χ4v) is 5.01. The van der Waals surface area contributed by atoms with E-state index in [0.717, 1.165) is 25.0 Å². The number of carbonyl (C=O) groups is 2. The number of amides is 2. The molecule has 9 heteroatoms. The lowest BCUT2D eigenvalue weighted by Gasteiger charge is -2.41. The highest BCUT2D eigenvalue weighted by atomic mass is 16.5. The molecule has 0 spiro atoms. The third-order valence-electron chi connectivity index (χ3n) is 6.85. The maximum absolute atomic E-state index is 13.5. The SMILES string of the molecule is COc1ccc([C@@H]2[C@H](C(=O)NC[C@H]3CCCO3)CCC(=O)N2c2cc(OC)c(OC)c(OC)c2)cc1. The first-order valence-corrected chi connectivity index (χ1v) is 12.2. The molecule has 2 aromatic carbocycles. The van der Waals surface area contributed by atoms with Crippen LogP contribution in [0.5, 0.6) is 23.0 Å². The number of hydrogen-bond acceptors (Lipinski definition) is 7. The minimum absolute atomic E-state index is 0.0322. The van der Waals surface area contributed by atoms with E-state index in [0.29, 0.717) is 41.7 Å². The molecule has 1 N–H and O–H groups in total. The number of carbonyl (C=O) groups excluding carboxylic acids is 2. The molecule has 0 radical (unpaired) electrons. The fraction of sp³-hybridized carbons (Fsp3) is 0.481. The van der Waals surface area contributed by atoms with Crippen molar-refractivity contribution in [1.29, 1.82) is 0 Å². The van der Waals surface area contributed by atoms with Crippen molar-refractivity contribution in [2.75, 3.05) is 46.5 Å². The number of nitrogens with one attached hydrogen (secondary N) is 1. The Hall–Kier alpha value is -3.46. The van der Waals surface area contributed by atoms with Crippen LogP contribution in [0.15, 0.2) is 36.4 Å². The van der Waals surface area contributed by atoms with E-state index in [4.69, 9.17) is 23.7 Å². The van der Waals surface area contributed by atoms with Gasteiger partial charge in [0.15, 0.2) is 11.5 Å². The third kappa shape index (κ3) is 5.21. The summed E-state index contributed by atoms with van der Waals surface area (Å²) >= 11 is 0. The molecule has 4 rings (SSSR count). The second-order valence-corrected chi connectivity index (χ2v) is 8.89. The van der Waals surface area contributed by atoms with Crippen LogP contribution in [-0.4, -0.2) is 59.5 Å². The van der Waals surface area contributed by atoms with Crippen LogP contribution in [0, 0.1) is 5.92 Å². The number of rotatable bonds is 9. The number of anilines is 1. The van der Waals surface area contributed by atoms with Gasteiger partial charge in [-0.15, -0.1) is 0 Å². The van der Waals surface area contributed by atoms with Crippen molar-refractivity contribution in [1.82, 2.24) is 5.32 Å². The molecule has 2 aliphatic heterocycles. The summed E-state index contributed by atoms with van der Waals surface area (Å²) in [5, 5.41) is 3.07. The molecular weight excluding hydrogens is 464 g/mol. The summed E-state index contributed by atoms with van der Waals surface area (Å²) in [6, 6.07) is 10.4. The zero-order chi connectivity index (χ0) is 25.7. The predicted octanol–water partition coefficient (Wildman–Crippen LogP) is 3.50. The first-order valence-electron chi connectivity index (χ1n) is 12.2. The van der Waals surface area contributed by atoms with E-state index in [9.17, 15) is 9.59 Å². The van der Waals surface area contributed by atoms with Crippen LogP contribution in [0.25, 0.3) is 0 Å². The third-order valence-corrected chi connectivity index (χ3v) is 6.85. The Morgan fingerprint density at radius 2 is 1.69 bits per heavy atom. The van der Waals surface area contributed by atoms with E-state index < -0.39 is 12.0 Å². The Morgan fingerprint density at radius 3 is 2.25 bits per heavy atom. The number of piperidine rings is 1. The van der Waals surface area contributed by atoms with Gasteiger partial charge < -0.3 is 33.9 Å². The molecule has 0 aromatic heterocycles. The van der Waals surface area contributed by atoms with Crippen LogP contribution in [-0.2, 0) is 14.3 Å². The van der Waals surface area contributed by atoms with Crippen molar-refractivity contribution in [3.8, 4) is 23.0 Å². The summed E-state index contributed by atoms with van der Waals surface area (Å²) in [7, 11) is 6.19. The van der Waals surface area contributed by atoms with E-state index in [1.807, 2.05) is 24.3 Å². The fourth-order valence-electron chi connectivity index (χ4n) is 5.01.